The zero-order valence-electron chi connectivity index (χ0n) is 41.3. The van der Waals surface area contributed by atoms with E-state index in [0.29, 0.717) is 33.5 Å². The molecule has 62 heavy (non-hydrogen) atoms. The van der Waals surface area contributed by atoms with Gasteiger partial charge in [0.05, 0.1) is 16.7 Å². The van der Waals surface area contributed by atoms with Crippen molar-refractivity contribution >= 4 is 71.3 Å². The van der Waals surface area contributed by atoms with Crippen LogP contribution >= 0.6 is 0 Å². The van der Waals surface area contributed by atoms with E-state index in [-0.39, 0.29) is 46.7 Å². The number of furan rings is 1. The summed E-state index contributed by atoms with van der Waals surface area (Å²) in [6, 6.07) is 57.0. The van der Waals surface area contributed by atoms with E-state index in [1.807, 2.05) is 152 Å². The molecule has 290 valence electrons. The fourth-order valence-electron chi connectivity index (χ4n) is 8.79. The van der Waals surface area contributed by atoms with Crippen LogP contribution in [0, 0.1) is 0 Å². The number of rotatable bonds is 7. The van der Waals surface area contributed by atoms with Crippen LogP contribution in [0.2, 0.25) is 0 Å². The highest BCUT2D eigenvalue weighted by molar-refractivity contribution is 6.19. The summed E-state index contributed by atoms with van der Waals surface area (Å²) in [5.74, 6) is 0. The minimum Gasteiger partial charge on any atom is -0.455 e. The molecule has 0 aliphatic rings. The van der Waals surface area contributed by atoms with Gasteiger partial charge in [-0.05, 0) is 114 Å². The molecule has 0 spiro atoms. The number of anilines is 3. The van der Waals surface area contributed by atoms with Crippen LogP contribution in [0.1, 0.15) is 11.0 Å². The number of fused-ring (bicyclic) bond motifs is 7. The van der Waals surface area contributed by atoms with Gasteiger partial charge in [-0.2, -0.15) is 0 Å². The van der Waals surface area contributed by atoms with Crippen LogP contribution in [-0.4, -0.2) is 0 Å². The van der Waals surface area contributed by atoms with Gasteiger partial charge in [0.15, 0.2) is 0 Å². The van der Waals surface area contributed by atoms with Crippen molar-refractivity contribution < 1.29 is 15.4 Å². The maximum Gasteiger partial charge on any atom is 0.143 e. The van der Waals surface area contributed by atoms with Crippen LogP contribution in [0.15, 0.2) is 241 Å². The molecular weight excluding hydrogens is 751 g/mol. The normalized spacial score (nSPS) is 13.4. The van der Waals surface area contributed by atoms with Gasteiger partial charge in [0.2, 0.25) is 0 Å². The van der Waals surface area contributed by atoms with E-state index in [0.717, 1.165) is 59.8 Å². The van der Waals surface area contributed by atoms with Crippen molar-refractivity contribution in [2.75, 3.05) is 4.90 Å². The summed E-state index contributed by atoms with van der Waals surface area (Å²) in [5, 5.41) is 7.54. The molecule has 0 bridgehead atoms. The number of hydrogen-bond donors (Lipinski definition) is 0. The second-order valence-corrected chi connectivity index (χ2v) is 15.4. The molecule has 0 aliphatic heterocycles. The third-order valence-electron chi connectivity index (χ3n) is 11.8. The Bertz CT molecular complexity index is 4060. The highest BCUT2D eigenvalue weighted by atomic mass is 16.3. The Kier molecular flexibility index (Phi) is 6.76. The van der Waals surface area contributed by atoms with E-state index in [2.05, 4.69) is 18.2 Å². The van der Waals surface area contributed by atoms with Crippen molar-refractivity contribution in [1.82, 2.24) is 0 Å². The highest BCUT2D eigenvalue weighted by Gasteiger charge is 2.21. The monoisotopic (exact) mass is 797 g/mol. The van der Waals surface area contributed by atoms with E-state index in [1.54, 1.807) is 18.2 Å². The molecule has 2 heteroatoms. The largest absolute Gasteiger partial charge is 0.455 e. The molecule has 0 fully saturated rings. The summed E-state index contributed by atoms with van der Waals surface area (Å²) in [6.45, 7) is 0. The molecule has 12 rings (SSSR count). The second kappa shape index (κ2) is 14.8. The third kappa shape index (κ3) is 6.12. The molecule has 11 aromatic carbocycles. The van der Waals surface area contributed by atoms with E-state index >= 15 is 0 Å². The Morgan fingerprint density at radius 3 is 1.68 bits per heavy atom. The first kappa shape index (κ1) is 28.3. The predicted molar refractivity (Wildman–Crippen MR) is 263 cm³/mol. The van der Waals surface area contributed by atoms with E-state index in [9.17, 15) is 11.0 Å². The highest BCUT2D eigenvalue weighted by Crippen LogP contribution is 2.46. The Morgan fingerprint density at radius 2 is 0.887 bits per heavy atom. The van der Waals surface area contributed by atoms with Crippen LogP contribution in [0.5, 0.6) is 0 Å². The van der Waals surface area contributed by atoms with Crippen molar-refractivity contribution in [3.8, 4) is 44.5 Å². The summed E-state index contributed by atoms with van der Waals surface area (Å²) in [6.07, 6.45) is 0. The molecule has 0 N–H and O–H groups in total. The summed E-state index contributed by atoms with van der Waals surface area (Å²) in [7, 11) is 0. The molecule has 0 amide bonds. The number of hydrogen-bond acceptors (Lipinski definition) is 2. The average molecular weight is 798 g/mol. The lowest BCUT2D eigenvalue weighted by Crippen LogP contribution is -2.11. The first-order valence-corrected chi connectivity index (χ1v) is 20.6. The van der Waals surface area contributed by atoms with Gasteiger partial charge in [-0.3, -0.25) is 0 Å². The fourth-order valence-corrected chi connectivity index (χ4v) is 8.79. The summed E-state index contributed by atoms with van der Waals surface area (Å²) in [5.41, 5.74) is 5.63. The molecule has 1 aromatic heterocycles. The molecule has 0 aliphatic carbocycles. The van der Waals surface area contributed by atoms with Crippen LogP contribution in [0.25, 0.3) is 98.8 Å². The number of para-hydroxylation sites is 2. The standard InChI is InChI=1S/C60H39NO/c1-2-13-47-39-48(28-25-40(47)11-1)43-31-36-50(37-32-43)61(49-34-29-42(30-35-49)41-23-26-45(27-24-41)52-19-9-14-44-12-3-4-16-51(44)52)57-21-7-5-17-53(57)55-20-10-15-46-33-38-56-54-18-6-8-22-58(54)62-60(56)59(46)55/h1-39H/i29D,30D,31D,32D,34D,35D,36D,37D. The third-order valence-corrected chi connectivity index (χ3v) is 11.8. The molecule has 0 saturated carbocycles. The number of nitrogens with zero attached hydrogens (tertiary/aromatic N) is 1. The summed E-state index contributed by atoms with van der Waals surface area (Å²) in [4.78, 5) is 1.39. The Labute approximate surface area is 371 Å². The van der Waals surface area contributed by atoms with Gasteiger partial charge in [-0.1, -0.05) is 188 Å². The van der Waals surface area contributed by atoms with Gasteiger partial charge in [-0.25, -0.2) is 0 Å². The van der Waals surface area contributed by atoms with E-state index in [4.69, 9.17) is 4.42 Å². The SMILES string of the molecule is [2H]c1c([2H])c(N(c2ccccc2-c2cccc3ccc4c5ccccc5oc4c23)c2c([2H])c([2H])c(-c3ccc4ccccc4c3)c([2H])c2[2H])c([2H])c([2H])c1-c1ccc(-c2cccc3ccccc23)cc1. The lowest BCUT2D eigenvalue weighted by molar-refractivity contribution is 0.673. The van der Waals surface area contributed by atoms with Gasteiger partial charge in [0, 0.05) is 33.1 Å². The van der Waals surface area contributed by atoms with E-state index in [1.165, 1.54) is 4.90 Å². The van der Waals surface area contributed by atoms with Crippen molar-refractivity contribution in [3.05, 3.63) is 236 Å². The Balaban J connectivity index is 1.10. The van der Waals surface area contributed by atoms with Gasteiger partial charge in [-0.15, -0.1) is 0 Å². The summed E-state index contributed by atoms with van der Waals surface area (Å²) >= 11 is 0. The molecule has 0 saturated heterocycles. The van der Waals surface area contributed by atoms with Crippen molar-refractivity contribution in [2.45, 2.75) is 0 Å². The maximum atomic E-state index is 9.83. The van der Waals surface area contributed by atoms with Crippen molar-refractivity contribution in [1.29, 1.82) is 0 Å². The van der Waals surface area contributed by atoms with Crippen LogP contribution in [0.3, 0.4) is 0 Å². The molecule has 0 radical (unpaired) electrons. The van der Waals surface area contributed by atoms with Crippen LogP contribution in [-0.2, 0) is 0 Å². The summed E-state index contributed by atoms with van der Waals surface area (Å²) < 4.78 is 84.2. The maximum absolute atomic E-state index is 9.83. The van der Waals surface area contributed by atoms with Gasteiger partial charge >= 0.3 is 0 Å². The fraction of sp³-hybridized carbons (Fsp3) is 0. The van der Waals surface area contributed by atoms with Crippen molar-refractivity contribution in [3.63, 3.8) is 0 Å². The first-order chi connectivity index (χ1) is 34.1. The minimum absolute atomic E-state index is 0.0870. The Hall–Kier alpha value is -8.20. The smallest absolute Gasteiger partial charge is 0.143 e. The van der Waals surface area contributed by atoms with Gasteiger partial charge in [0.1, 0.15) is 11.2 Å². The molecule has 0 atom stereocenters. The van der Waals surface area contributed by atoms with Crippen LogP contribution in [0.4, 0.5) is 17.1 Å². The predicted octanol–water partition coefficient (Wildman–Crippen LogP) is 17.2. The Morgan fingerprint density at radius 1 is 0.339 bits per heavy atom. The molecule has 2 nitrogen and oxygen atoms in total. The second-order valence-electron chi connectivity index (χ2n) is 15.4. The first-order valence-electron chi connectivity index (χ1n) is 24.6. The number of benzene rings is 11. The van der Waals surface area contributed by atoms with Gasteiger partial charge in [0.25, 0.3) is 0 Å². The van der Waals surface area contributed by atoms with E-state index < -0.39 is 24.2 Å². The van der Waals surface area contributed by atoms with Crippen LogP contribution < -0.4 is 4.90 Å². The minimum atomic E-state index is -0.419. The topological polar surface area (TPSA) is 16.4 Å². The lowest BCUT2D eigenvalue weighted by Gasteiger charge is -2.28. The zero-order chi connectivity index (χ0) is 47.9. The van der Waals surface area contributed by atoms with Crippen molar-refractivity contribution in [2.24, 2.45) is 0 Å². The average Bonchev–Trinajstić information content (AvgIpc) is 3.78. The molecule has 0 unspecified atom stereocenters. The molecule has 1 heterocycles. The molecular formula is C60H39NO. The quantitative estimate of drug-likeness (QED) is 0.160. The van der Waals surface area contributed by atoms with Gasteiger partial charge < -0.3 is 9.32 Å². The zero-order valence-corrected chi connectivity index (χ0v) is 33.3. The molecule has 12 aromatic rings. The lowest BCUT2D eigenvalue weighted by atomic mass is 9.94.